The van der Waals surface area contributed by atoms with Gasteiger partial charge in [-0.3, -0.25) is 14.4 Å². The van der Waals surface area contributed by atoms with Gasteiger partial charge in [-0.2, -0.15) is 0 Å². The second-order valence-electron chi connectivity index (χ2n) is 7.23. The van der Waals surface area contributed by atoms with Crippen molar-refractivity contribution < 1.29 is 14.0 Å². The first-order chi connectivity index (χ1) is 13.9. The van der Waals surface area contributed by atoms with Gasteiger partial charge in [0.1, 0.15) is 11.4 Å². The molecule has 1 saturated heterocycles. The summed E-state index contributed by atoms with van der Waals surface area (Å²) >= 11 is 0. The van der Waals surface area contributed by atoms with Crippen LogP contribution in [-0.4, -0.2) is 54.0 Å². The van der Waals surface area contributed by atoms with Crippen LogP contribution in [0.15, 0.2) is 23.1 Å². The van der Waals surface area contributed by atoms with Crippen molar-refractivity contribution in [3.8, 4) is 0 Å². The summed E-state index contributed by atoms with van der Waals surface area (Å²) in [5.74, 6) is -0.928. The average molecular weight is 402 g/mol. The molecule has 1 aromatic heterocycles. The number of amides is 2. The highest BCUT2D eigenvalue weighted by atomic mass is 19.1. The lowest BCUT2D eigenvalue weighted by Gasteiger charge is -2.36. The molecule has 0 unspecified atom stereocenters. The average Bonchev–Trinajstić information content (AvgIpc) is 2.72. The molecule has 29 heavy (non-hydrogen) atoms. The molecule has 3 rings (SSSR count). The molecule has 0 atom stereocenters. The number of nitrogens with zero attached hydrogens (tertiary/aromatic N) is 3. The van der Waals surface area contributed by atoms with Crippen LogP contribution in [0, 0.1) is 5.82 Å². The third-order valence-electron chi connectivity index (χ3n) is 5.34. The molecular formula is C21H27FN4O3. The van der Waals surface area contributed by atoms with Gasteiger partial charge in [-0.25, -0.2) is 4.39 Å². The Balaban J connectivity index is 2.02. The summed E-state index contributed by atoms with van der Waals surface area (Å²) in [6.07, 6.45) is 2.31. The zero-order valence-corrected chi connectivity index (χ0v) is 17.1. The summed E-state index contributed by atoms with van der Waals surface area (Å²) in [5, 5.41) is 2.90. The van der Waals surface area contributed by atoms with Crippen molar-refractivity contribution in [3.05, 3.63) is 39.9 Å². The zero-order valence-electron chi connectivity index (χ0n) is 17.1. The van der Waals surface area contributed by atoms with Crippen molar-refractivity contribution >= 4 is 28.4 Å². The molecule has 0 bridgehead atoms. The maximum atomic E-state index is 14.9. The van der Waals surface area contributed by atoms with Gasteiger partial charge in [0, 0.05) is 57.8 Å². The van der Waals surface area contributed by atoms with E-state index >= 15 is 0 Å². The van der Waals surface area contributed by atoms with Crippen LogP contribution in [0.3, 0.4) is 0 Å². The predicted octanol–water partition coefficient (Wildman–Crippen LogP) is 1.97. The van der Waals surface area contributed by atoms with Gasteiger partial charge in [0.05, 0.1) is 11.2 Å². The van der Waals surface area contributed by atoms with E-state index in [-0.39, 0.29) is 16.9 Å². The van der Waals surface area contributed by atoms with Crippen LogP contribution >= 0.6 is 0 Å². The van der Waals surface area contributed by atoms with Gasteiger partial charge in [0.25, 0.3) is 5.91 Å². The van der Waals surface area contributed by atoms with E-state index in [2.05, 4.69) is 5.32 Å². The van der Waals surface area contributed by atoms with Crippen molar-refractivity contribution in [2.45, 2.75) is 33.7 Å². The Labute approximate surface area is 169 Å². The first-order valence-corrected chi connectivity index (χ1v) is 10.0. The molecule has 0 saturated carbocycles. The first-order valence-electron chi connectivity index (χ1n) is 10.0. The number of hydrogen-bond donors (Lipinski definition) is 1. The highest BCUT2D eigenvalue weighted by Gasteiger charge is 2.23. The number of piperazine rings is 1. The highest BCUT2D eigenvalue weighted by Crippen LogP contribution is 2.26. The highest BCUT2D eigenvalue weighted by molar-refractivity contribution is 5.97. The van der Waals surface area contributed by atoms with Crippen LogP contribution in [0.25, 0.3) is 10.9 Å². The van der Waals surface area contributed by atoms with E-state index in [4.69, 9.17) is 0 Å². The number of nitrogens with one attached hydrogen (secondary N) is 1. The number of benzene rings is 1. The zero-order chi connectivity index (χ0) is 21.1. The lowest BCUT2D eigenvalue weighted by Crippen LogP contribution is -2.48. The molecule has 1 fully saturated rings. The van der Waals surface area contributed by atoms with Crippen LogP contribution in [0.2, 0.25) is 0 Å². The molecule has 1 aromatic carbocycles. The number of rotatable bonds is 5. The summed E-state index contributed by atoms with van der Waals surface area (Å²) in [7, 11) is 0. The molecule has 2 amide bonds. The van der Waals surface area contributed by atoms with E-state index in [1.807, 2.05) is 18.7 Å². The Hall–Kier alpha value is -2.90. The smallest absolute Gasteiger partial charge is 0.256 e. The number of carbonyl (C=O) groups is 2. The fraction of sp³-hybridized carbons (Fsp3) is 0.476. The number of aromatic nitrogens is 1. The number of aryl methyl sites for hydroxylation is 1. The molecule has 7 nitrogen and oxygen atoms in total. The van der Waals surface area contributed by atoms with Gasteiger partial charge in [0.15, 0.2) is 0 Å². The molecular weight excluding hydrogens is 375 g/mol. The molecule has 8 heteroatoms. The second-order valence-corrected chi connectivity index (χ2v) is 7.23. The number of pyridine rings is 1. The van der Waals surface area contributed by atoms with Crippen molar-refractivity contribution in [2.24, 2.45) is 0 Å². The number of halogens is 1. The molecule has 0 radical (unpaired) electrons. The van der Waals surface area contributed by atoms with E-state index in [0.29, 0.717) is 50.5 Å². The predicted molar refractivity (Wildman–Crippen MR) is 111 cm³/mol. The number of fused-ring (bicyclic) bond motifs is 1. The van der Waals surface area contributed by atoms with Gasteiger partial charge in [-0.05, 0) is 25.5 Å². The summed E-state index contributed by atoms with van der Waals surface area (Å²) < 4.78 is 16.7. The van der Waals surface area contributed by atoms with Crippen LogP contribution in [0.4, 0.5) is 10.1 Å². The molecule has 0 spiro atoms. The Morgan fingerprint density at radius 2 is 1.83 bits per heavy atom. The second kappa shape index (κ2) is 8.63. The van der Waals surface area contributed by atoms with E-state index in [9.17, 15) is 18.8 Å². The standard InChI is InChI=1S/C21H27FN4O3/c1-4-6-23-21(29)16-13-24(5-2)18-12-19(17(22)11-15(18)20(16)28)26-9-7-25(8-10-26)14(3)27/h11-13H,4-10H2,1-3H3,(H,23,29). The monoisotopic (exact) mass is 402 g/mol. The molecule has 2 heterocycles. The summed E-state index contributed by atoms with van der Waals surface area (Å²) in [6, 6.07) is 2.90. The molecule has 1 aliphatic heterocycles. The molecule has 1 aliphatic rings. The van der Waals surface area contributed by atoms with Crippen molar-refractivity contribution in [1.29, 1.82) is 0 Å². The maximum absolute atomic E-state index is 14.9. The van der Waals surface area contributed by atoms with Crippen molar-refractivity contribution in [2.75, 3.05) is 37.6 Å². The Morgan fingerprint density at radius 3 is 2.41 bits per heavy atom. The van der Waals surface area contributed by atoms with Crippen LogP contribution < -0.4 is 15.6 Å². The van der Waals surface area contributed by atoms with Crippen LogP contribution in [-0.2, 0) is 11.3 Å². The number of hydrogen-bond acceptors (Lipinski definition) is 4. The van der Waals surface area contributed by atoms with E-state index < -0.39 is 17.2 Å². The van der Waals surface area contributed by atoms with Gasteiger partial charge < -0.3 is 19.7 Å². The minimum Gasteiger partial charge on any atom is -0.366 e. The van der Waals surface area contributed by atoms with E-state index in [1.165, 1.54) is 13.0 Å². The third kappa shape index (κ3) is 4.11. The summed E-state index contributed by atoms with van der Waals surface area (Å²) in [4.78, 5) is 40.4. The van der Waals surface area contributed by atoms with Crippen molar-refractivity contribution in [1.82, 2.24) is 14.8 Å². The fourth-order valence-electron chi connectivity index (χ4n) is 3.66. The summed E-state index contributed by atoms with van der Waals surface area (Å²) in [6.45, 7) is 8.49. The summed E-state index contributed by atoms with van der Waals surface area (Å²) in [5.41, 5.74) is 0.556. The molecule has 1 N–H and O–H groups in total. The van der Waals surface area contributed by atoms with Gasteiger partial charge in [-0.15, -0.1) is 0 Å². The molecule has 156 valence electrons. The van der Waals surface area contributed by atoms with Gasteiger partial charge >= 0.3 is 0 Å². The fourth-order valence-corrected chi connectivity index (χ4v) is 3.66. The largest absolute Gasteiger partial charge is 0.366 e. The quantitative estimate of drug-likeness (QED) is 0.830. The minimum atomic E-state index is -0.500. The topological polar surface area (TPSA) is 74.7 Å². The van der Waals surface area contributed by atoms with Gasteiger partial charge in [0.2, 0.25) is 11.3 Å². The third-order valence-corrected chi connectivity index (χ3v) is 5.34. The van der Waals surface area contributed by atoms with Gasteiger partial charge in [-0.1, -0.05) is 6.92 Å². The lowest BCUT2D eigenvalue weighted by molar-refractivity contribution is -0.129. The SMILES string of the molecule is CCCNC(=O)c1cn(CC)c2cc(N3CCN(C(C)=O)CC3)c(F)cc2c1=O. The Bertz CT molecular complexity index is 994. The first kappa shape index (κ1) is 20.8. The molecule has 2 aromatic rings. The maximum Gasteiger partial charge on any atom is 0.256 e. The number of carbonyl (C=O) groups excluding carboxylic acids is 2. The molecule has 0 aliphatic carbocycles. The van der Waals surface area contributed by atoms with Crippen LogP contribution in [0.5, 0.6) is 0 Å². The normalized spacial score (nSPS) is 14.3. The minimum absolute atomic E-state index is 0.0114. The van der Waals surface area contributed by atoms with E-state index in [1.54, 1.807) is 21.7 Å². The van der Waals surface area contributed by atoms with Crippen LogP contribution in [0.1, 0.15) is 37.6 Å². The van der Waals surface area contributed by atoms with E-state index in [0.717, 1.165) is 6.42 Å². The lowest BCUT2D eigenvalue weighted by atomic mass is 10.1. The Kier molecular flexibility index (Phi) is 6.20. The van der Waals surface area contributed by atoms with Crippen molar-refractivity contribution in [3.63, 3.8) is 0 Å². The number of anilines is 1. The Morgan fingerprint density at radius 1 is 1.14 bits per heavy atom.